The molecule has 0 aliphatic rings. The van der Waals surface area contributed by atoms with Gasteiger partial charge in [-0.1, -0.05) is 23.7 Å². The molecule has 3 nitrogen and oxygen atoms in total. The van der Waals surface area contributed by atoms with Crippen LogP contribution in [-0.2, 0) is 7.05 Å². The van der Waals surface area contributed by atoms with Crippen molar-refractivity contribution in [2.45, 2.75) is 20.0 Å². The molecule has 0 spiro atoms. The van der Waals surface area contributed by atoms with Crippen molar-refractivity contribution < 1.29 is 4.74 Å². The summed E-state index contributed by atoms with van der Waals surface area (Å²) in [5, 5.41) is 10.8. The van der Waals surface area contributed by atoms with Crippen LogP contribution in [-0.4, -0.2) is 10.7 Å². The Morgan fingerprint density at radius 3 is 2.52 bits per heavy atom. The fraction of sp³-hybridized carbons (Fsp3) is 0.211. The molecule has 3 rings (SSSR count). The van der Waals surface area contributed by atoms with Crippen molar-refractivity contribution in [1.29, 1.82) is 5.26 Å². The van der Waals surface area contributed by atoms with E-state index in [1.54, 1.807) is 6.92 Å². The van der Waals surface area contributed by atoms with Crippen molar-refractivity contribution in [3.8, 4) is 22.9 Å². The molecular weight excluding hydrogens is 308 g/mol. The topological polar surface area (TPSA) is 37.9 Å². The Labute approximate surface area is 140 Å². The van der Waals surface area contributed by atoms with E-state index < -0.39 is 6.10 Å². The molecule has 1 atom stereocenters. The Kier molecular flexibility index (Phi) is 4.02. The van der Waals surface area contributed by atoms with Gasteiger partial charge in [0.15, 0.2) is 6.10 Å². The summed E-state index contributed by atoms with van der Waals surface area (Å²) in [7, 11) is 2.05. The summed E-state index contributed by atoms with van der Waals surface area (Å²) in [6, 6.07) is 15.9. The van der Waals surface area contributed by atoms with Gasteiger partial charge in [-0.05, 0) is 49.7 Å². The highest BCUT2D eigenvalue weighted by atomic mass is 35.5. The van der Waals surface area contributed by atoms with Crippen LogP contribution in [0.5, 0.6) is 5.75 Å². The van der Waals surface area contributed by atoms with Crippen molar-refractivity contribution in [2.75, 3.05) is 0 Å². The van der Waals surface area contributed by atoms with Crippen molar-refractivity contribution in [3.63, 3.8) is 0 Å². The zero-order valence-corrected chi connectivity index (χ0v) is 14.1. The molecule has 0 saturated heterocycles. The molecule has 0 amide bonds. The first kappa shape index (κ1) is 15.5. The first-order chi connectivity index (χ1) is 11.0. The van der Waals surface area contributed by atoms with Crippen LogP contribution in [0, 0.1) is 18.3 Å². The second-order valence-corrected chi connectivity index (χ2v) is 6.03. The fourth-order valence-electron chi connectivity index (χ4n) is 2.84. The minimum Gasteiger partial charge on any atom is -0.476 e. The van der Waals surface area contributed by atoms with Gasteiger partial charge in [-0.2, -0.15) is 5.26 Å². The summed E-state index contributed by atoms with van der Waals surface area (Å²) >= 11 is 6.01. The molecule has 1 unspecified atom stereocenters. The van der Waals surface area contributed by atoms with Crippen LogP contribution in [0.4, 0.5) is 0 Å². The smallest absolute Gasteiger partial charge is 0.181 e. The lowest BCUT2D eigenvalue weighted by molar-refractivity contribution is 0.277. The average Bonchev–Trinajstić information content (AvgIpc) is 2.79. The molecule has 0 aliphatic carbocycles. The third-order valence-corrected chi connectivity index (χ3v) is 4.34. The molecule has 23 heavy (non-hydrogen) atoms. The highest BCUT2D eigenvalue weighted by Gasteiger charge is 2.15. The first-order valence-electron chi connectivity index (χ1n) is 7.42. The Hall–Kier alpha value is -2.44. The van der Waals surface area contributed by atoms with Gasteiger partial charge in [-0.15, -0.1) is 0 Å². The lowest BCUT2D eigenvalue weighted by atomic mass is 10.0. The van der Waals surface area contributed by atoms with E-state index in [0.717, 1.165) is 27.1 Å². The van der Waals surface area contributed by atoms with Crippen molar-refractivity contribution in [1.82, 2.24) is 4.57 Å². The zero-order chi connectivity index (χ0) is 16.6. The van der Waals surface area contributed by atoms with Gasteiger partial charge in [0.1, 0.15) is 11.8 Å². The maximum Gasteiger partial charge on any atom is 0.181 e. The van der Waals surface area contributed by atoms with E-state index in [-0.39, 0.29) is 0 Å². The van der Waals surface area contributed by atoms with E-state index >= 15 is 0 Å². The summed E-state index contributed by atoms with van der Waals surface area (Å²) in [4.78, 5) is 0. The maximum absolute atomic E-state index is 8.92. The lowest BCUT2D eigenvalue weighted by Crippen LogP contribution is -2.07. The number of fused-ring (bicyclic) bond motifs is 1. The molecule has 1 heterocycles. The van der Waals surface area contributed by atoms with Gasteiger partial charge in [0.05, 0.1) is 0 Å². The summed E-state index contributed by atoms with van der Waals surface area (Å²) < 4.78 is 7.80. The number of nitrogens with zero attached hydrogens (tertiary/aromatic N) is 2. The molecule has 0 saturated carbocycles. The van der Waals surface area contributed by atoms with E-state index in [4.69, 9.17) is 21.6 Å². The van der Waals surface area contributed by atoms with E-state index in [9.17, 15) is 0 Å². The number of nitriles is 1. The van der Waals surface area contributed by atoms with E-state index in [1.165, 1.54) is 5.69 Å². The van der Waals surface area contributed by atoms with E-state index in [0.29, 0.717) is 5.75 Å². The summed E-state index contributed by atoms with van der Waals surface area (Å²) in [5.41, 5.74) is 4.58. The lowest BCUT2D eigenvalue weighted by Gasteiger charge is -2.08. The molecule has 116 valence electrons. The SMILES string of the molecule is Cc1c(-c2ccc(Cl)cc2)c2cc(OC(C)C#N)ccc2n1C. The van der Waals surface area contributed by atoms with Crippen LogP contribution < -0.4 is 4.74 Å². The predicted octanol–water partition coefficient (Wildman–Crippen LogP) is 5.10. The minimum atomic E-state index is -0.476. The van der Waals surface area contributed by atoms with Gasteiger partial charge in [0, 0.05) is 34.2 Å². The molecule has 0 aliphatic heterocycles. The number of hydrogen-bond donors (Lipinski definition) is 0. The van der Waals surface area contributed by atoms with Crippen LogP contribution in [0.15, 0.2) is 42.5 Å². The molecular formula is C19H17ClN2O. The second-order valence-electron chi connectivity index (χ2n) is 5.59. The van der Waals surface area contributed by atoms with Gasteiger partial charge < -0.3 is 9.30 Å². The van der Waals surface area contributed by atoms with E-state index in [1.807, 2.05) is 42.5 Å². The number of halogens is 1. The van der Waals surface area contributed by atoms with Crippen molar-refractivity contribution >= 4 is 22.5 Å². The van der Waals surface area contributed by atoms with Crippen LogP contribution in [0.3, 0.4) is 0 Å². The number of ether oxygens (including phenoxy) is 1. The second kappa shape index (κ2) is 5.98. The normalized spacial score (nSPS) is 12.1. The molecule has 0 fully saturated rings. The Morgan fingerprint density at radius 1 is 1.17 bits per heavy atom. The van der Waals surface area contributed by atoms with Gasteiger partial charge in [-0.3, -0.25) is 0 Å². The molecule has 2 aromatic carbocycles. The van der Waals surface area contributed by atoms with Crippen LogP contribution in [0.2, 0.25) is 5.02 Å². The van der Waals surface area contributed by atoms with E-state index in [2.05, 4.69) is 24.6 Å². The van der Waals surface area contributed by atoms with Crippen LogP contribution in [0.1, 0.15) is 12.6 Å². The number of benzene rings is 2. The van der Waals surface area contributed by atoms with Crippen LogP contribution in [0.25, 0.3) is 22.0 Å². The summed E-state index contributed by atoms with van der Waals surface area (Å²) in [6.07, 6.45) is -0.476. The molecule has 0 N–H and O–H groups in total. The number of rotatable bonds is 3. The molecule has 4 heteroatoms. The standard InChI is InChI=1S/C19H17ClN2O/c1-12(11-21)23-16-8-9-18-17(10-16)19(13(2)22(18)3)14-4-6-15(20)7-5-14/h4-10,12H,1-3H3. The highest BCUT2D eigenvalue weighted by Crippen LogP contribution is 2.36. The predicted molar refractivity (Wildman–Crippen MR) is 93.8 cm³/mol. The molecule has 0 radical (unpaired) electrons. The minimum absolute atomic E-state index is 0.476. The third kappa shape index (κ3) is 2.78. The first-order valence-corrected chi connectivity index (χ1v) is 7.80. The van der Waals surface area contributed by atoms with Gasteiger partial charge in [0.25, 0.3) is 0 Å². The average molecular weight is 325 g/mol. The Balaban J connectivity index is 2.19. The van der Waals surface area contributed by atoms with Crippen molar-refractivity contribution in [3.05, 3.63) is 53.2 Å². The Morgan fingerprint density at radius 2 is 1.87 bits per heavy atom. The maximum atomic E-state index is 8.92. The third-order valence-electron chi connectivity index (χ3n) is 4.09. The zero-order valence-electron chi connectivity index (χ0n) is 13.3. The van der Waals surface area contributed by atoms with Crippen molar-refractivity contribution in [2.24, 2.45) is 7.05 Å². The van der Waals surface area contributed by atoms with Gasteiger partial charge in [0.2, 0.25) is 0 Å². The highest BCUT2D eigenvalue weighted by molar-refractivity contribution is 6.30. The molecule has 0 bridgehead atoms. The molecule has 3 aromatic rings. The summed E-state index contributed by atoms with van der Waals surface area (Å²) in [6.45, 7) is 3.84. The molecule has 1 aromatic heterocycles. The fourth-order valence-corrected chi connectivity index (χ4v) is 2.96. The number of aromatic nitrogens is 1. The number of aryl methyl sites for hydroxylation is 1. The Bertz CT molecular complexity index is 904. The quantitative estimate of drug-likeness (QED) is 0.672. The van der Waals surface area contributed by atoms with Crippen LogP contribution >= 0.6 is 11.6 Å². The van der Waals surface area contributed by atoms with Gasteiger partial charge in [-0.25, -0.2) is 0 Å². The summed E-state index contributed by atoms with van der Waals surface area (Å²) in [5.74, 6) is 0.701. The van der Waals surface area contributed by atoms with Gasteiger partial charge >= 0.3 is 0 Å². The largest absolute Gasteiger partial charge is 0.476 e. The number of hydrogen-bond acceptors (Lipinski definition) is 2. The monoisotopic (exact) mass is 324 g/mol.